The molecule has 0 spiro atoms. The summed E-state index contributed by atoms with van der Waals surface area (Å²) in [5.74, 6) is 0.528. The predicted octanol–water partition coefficient (Wildman–Crippen LogP) is 5.93. The molecule has 1 N–H and O–H groups in total. The van der Waals surface area contributed by atoms with Crippen molar-refractivity contribution in [1.29, 1.82) is 0 Å². The highest BCUT2D eigenvalue weighted by molar-refractivity contribution is 9.10. The van der Waals surface area contributed by atoms with E-state index in [1.54, 1.807) is 14.2 Å². The zero-order chi connectivity index (χ0) is 24.8. The van der Waals surface area contributed by atoms with Gasteiger partial charge >= 0.3 is 5.97 Å². The Bertz CT molecular complexity index is 1130. The van der Waals surface area contributed by atoms with Crippen LogP contribution in [0.2, 0.25) is 0 Å². The second kappa shape index (κ2) is 11.6. The second-order valence-electron chi connectivity index (χ2n) is 8.63. The maximum atomic E-state index is 11.8. The summed E-state index contributed by atoms with van der Waals surface area (Å²) in [6.07, 6.45) is 1.51. The molecule has 1 fully saturated rings. The SMILES string of the molecule is COc1cc(C(c2ccccc2Br)N2CCCC(C(=O)O)C2)cc(OC)c1OCc1ccccc1. The molecule has 0 aliphatic carbocycles. The smallest absolute Gasteiger partial charge is 0.307 e. The summed E-state index contributed by atoms with van der Waals surface area (Å²) in [6.45, 7) is 1.65. The number of hydrogen-bond acceptors (Lipinski definition) is 5. The zero-order valence-electron chi connectivity index (χ0n) is 19.9. The second-order valence-corrected chi connectivity index (χ2v) is 9.48. The van der Waals surface area contributed by atoms with Crippen molar-refractivity contribution < 1.29 is 24.1 Å². The summed E-state index contributed by atoms with van der Waals surface area (Å²) < 4.78 is 18.6. The van der Waals surface area contributed by atoms with Gasteiger partial charge in [0.05, 0.1) is 26.2 Å². The van der Waals surface area contributed by atoms with E-state index in [2.05, 4.69) is 26.9 Å². The molecule has 1 saturated heterocycles. The molecular weight excluding hydrogens is 510 g/mol. The van der Waals surface area contributed by atoms with Crippen LogP contribution < -0.4 is 14.2 Å². The van der Waals surface area contributed by atoms with Crippen LogP contribution >= 0.6 is 15.9 Å². The maximum absolute atomic E-state index is 11.8. The van der Waals surface area contributed by atoms with Crippen LogP contribution in [0.4, 0.5) is 0 Å². The van der Waals surface area contributed by atoms with Crippen molar-refractivity contribution >= 4 is 21.9 Å². The highest BCUT2D eigenvalue weighted by Gasteiger charge is 2.33. The Morgan fingerprint density at radius 1 is 1.06 bits per heavy atom. The molecule has 2 unspecified atom stereocenters. The Labute approximate surface area is 214 Å². The number of carbonyl (C=O) groups is 1. The van der Waals surface area contributed by atoms with Gasteiger partial charge in [0.2, 0.25) is 5.75 Å². The van der Waals surface area contributed by atoms with Gasteiger partial charge in [-0.05, 0) is 54.3 Å². The Hall–Kier alpha value is -3.03. The van der Waals surface area contributed by atoms with Crippen LogP contribution in [0.25, 0.3) is 0 Å². The molecule has 7 heteroatoms. The third-order valence-electron chi connectivity index (χ3n) is 6.39. The van der Waals surface area contributed by atoms with Gasteiger partial charge in [-0.15, -0.1) is 0 Å². The lowest BCUT2D eigenvalue weighted by Gasteiger charge is -2.38. The molecule has 4 rings (SSSR count). The van der Waals surface area contributed by atoms with Gasteiger partial charge in [-0.25, -0.2) is 0 Å². The first-order valence-electron chi connectivity index (χ1n) is 11.7. The molecule has 0 saturated carbocycles. The number of aliphatic carboxylic acids is 1. The van der Waals surface area contributed by atoms with E-state index in [0.29, 0.717) is 36.8 Å². The summed E-state index contributed by atoms with van der Waals surface area (Å²) >= 11 is 3.71. The first-order chi connectivity index (χ1) is 17.0. The molecule has 35 heavy (non-hydrogen) atoms. The molecule has 0 aromatic heterocycles. The molecule has 3 aromatic rings. The standard InChI is InChI=1S/C28H30BrNO5/c1-33-24-15-21(16-25(34-2)27(24)35-18-19-9-4-3-5-10-19)26(22-12-6-7-13-23(22)29)30-14-8-11-20(17-30)28(31)32/h3-7,9-10,12-13,15-16,20,26H,8,11,14,17-18H2,1-2H3,(H,31,32). The van der Waals surface area contributed by atoms with Crippen LogP contribution in [-0.2, 0) is 11.4 Å². The van der Waals surface area contributed by atoms with Gasteiger partial charge < -0.3 is 19.3 Å². The first-order valence-corrected chi connectivity index (χ1v) is 12.4. The average molecular weight is 540 g/mol. The molecule has 0 bridgehead atoms. The van der Waals surface area contributed by atoms with Gasteiger partial charge in [0.15, 0.2) is 11.5 Å². The minimum absolute atomic E-state index is 0.182. The fraction of sp³-hybridized carbons (Fsp3) is 0.321. The van der Waals surface area contributed by atoms with E-state index in [-0.39, 0.29) is 6.04 Å². The fourth-order valence-corrected chi connectivity index (χ4v) is 5.16. The molecule has 1 aliphatic heterocycles. The van der Waals surface area contributed by atoms with Crippen molar-refractivity contribution in [2.45, 2.75) is 25.5 Å². The minimum Gasteiger partial charge on any atom is -0.493 e. The number of carboxylic acids is 1. The highest BCUT2D eigenvalue weighted by Crippen LogP contribution is 2.44. The van der Waals surface area contributed by atoms with Crippen molar-refractivity contribution in [3.63, 3.8) is 0 Å². The number of likely N-dealkylation sites (tertiary alicyclic amines) is 1. The van der Waals surface area contributed by atoms with Crippen LogP contribution in [0, 0.1) is 5.92 Å². The van der Waals surface area contributed by atoms with E-state index in [0.717, 1.165) is 34.1 Å². The summed E-state index contributed by atoms with van der Waals surface area (Å²) in [5.41, 5.74) is 3.05. The number of halogens is 1. The van der Waals surface area contributed by atoms with Gasteiger partial charge in [-0.1, -0.05) is 64.5 Å². The van der Waals surface area contributed by atoms with Gasteiger partial charge in [-0.3, -0.25) is 9.69 Å². The number of hydrogen-bond donors (Lipinski definition) is 1. The van der Waals surface area contributed by atoms with Gasteiger partial charge in [0, 0.05) is 11.0 Å². The van der Waals surface area contributed by atoms with Crippen LogP contribution in [0.15, 0.2) is 71.2 Å². The van der Waals surface area contributed by atoms with E-state index in [1.807, 2.05) is 60.7 Å². The lowest BCUT2D eigenvalue weighted by molar-refractivity contribution is -0.143. The van der Waals surface area contributed by atoms with Crippen molar-refractivity contribution in [3.05, 3.63) is 87.9 Å². The maximum Gasteiger partial charge on any atom is 0.307 e. The summed E-state index contributed by atoms with van der Waals surface area (Å²) in [4.78, 5) is 14.0. The number of ether oxygens (including phenoxy) is 3. The van der Waals surface area contributed by atoms with E-state index in [4.69, 9.17) is 14.2 Å². The van der Waals surface area contributed by atoms with Gasteiger partial charge in [-0.2, -0.15) is 0 Å². The Morgan fingerprint density at radius 2 is 1.71 bits per heavy atom. The topological polar surface area (TPSA) is 68.2 Å². The van der Waals surface area contributed by atoms with Crippen LogP contribution in [0.1, 0.15) is 35.6 Å². The molecule has 1 heterocycles. The van der Waals surface area contributed by atoms with E-state index in [9.17, 15) is 9.90 Å². The molecule has 1 aliphatic rings. The van der Waals surface area contributed by atoms with Crippen LogP contribution in [0.3, 0.4) is 0 Å². The number of methoxy groups -OCH3 is 2. The van der Waals surface area contributed by atoms with Crippen molar-refractivity contribution in [3.8, 4) is 17.2 Å². The van der Waals surface area contributed by atoms with Crippen molar-refractivity contribution in [1.82, 2.24) is 4.90 Å². The number of rotatable bonds is 9. The van der Waals surface area contributed by atoms with E-state index < -0.39 is 11.9 Å². The fourth-order valence-electron chi connectivity index (χ4n) is 4.66. The molecule has 3 aromatic carbocycles. The monoisotopic (exact) mass is 539 g/mol. The Balaban J connectivity index is 1.75. The Morgan fingerprint density at radius 3 is 2.34 bits per heavy atom. The largest absolute Gasteiger partial charge is 0.493 e. The quantitative estimate of drug-likeness (QED) is 0.363. The third kappa shape index (κ3) is 5.80. The normalized spacial score (nSPS) is 16.9. The lowest BCUT2D eigenvalue weighted by Crippen LogP contribution is -2.41. The van der Waals surface area contributed by atoms with Gasteiger partial charge in [0.1, 0.15) is 6.61 Å². The van der Waals surface area contributed by atoms with Crippen molar-refractivity contribution in [2.24, 2.45) is 5.92 Å². The highest BCUT2D eigenvalue weighted by atomic mass is 79.9. The number of benzene rings is 3. The molecular formula is C28H30BrNO5. The van der Waals surface area contributed by atoms with Gasteiger partial charge in [0.25, 0.3) is 0 Å². The molecule has 2 atom stereocenters. The zero-order valence-corrected chi connectivity index (χ0v) is 21.5. The van der Waals surface area contributed by atoms with E-state index >= 15 is 0 Å². The Kier molecular flexibility index (Phi) is 8.31. The molecule has 184 valence electrons. The number of nitrogens with zero attached hydrogens (tertiary/aromatic N) is 1. The number of piperidine rings is 1. The average Bonchev–Trinajstić information content (AvgIpc) is 2.89. The predicted molar refractivity (Wildman–Crippen MR) is 138 cm³/mol. The van der Waals surface area contributed by atoms with Crippen LogP contribution in [-0.4, -0.2) is 43.3 Å². The third-order valence-corrected chi connectivity index (χ3v) is 7.11. The lowest BCUT2D eigenvalue weighted by atomic mass is 9.91. The van der Waals surface area contributed by atoms with Crippen molar-refractivity contribution in [2.75, 3.05) is 27.3 Å². The summed E-state index contributed by atoms with van der Waals surface area (Å²) in [7, 11) is 3.23. The number of carboxylic acid groups (broad SMARTS) is 1. The van der Waals surface area contributed by atoms with E-state index in [1.165, 1.54) is 0 Å². The summed E-state index contributed by atoms with van der Waals surface area (Å²) in [6, 6.07) is 21.7. The first kappa shape index (κ1) is 25.1. The summed E-state index contributed by atoms with van der Waals surface area (Å²) in [5, 5.41) is 9.69. The molecule has 0 radical (unpaired) electrons. The molecule has 6 nitrogen and oxygen atoms in total. The minimum atomic E-state index is -0.750. The van der Waals surface area contributed by atoms with Crippen LogP contribution in [0.5, 0.6) is 17.2 Å². The molecule has 0 amide bonds.